The molecule has 122 valence electrons. The van der Waals surface area contributed by atoms with E-state index in [2.05, 4.69) is 26.1 Å². The molecule has 1 atom stereocenters. The molecule has 7 heteroatoms. The summed E-state index contributed by atoms with van der Waals surface area (Å²) in [6.45, 7) is 0. The zero-order valence-electron chi connectivity index (χ0n) is 12.5. The average Bonchev–Trinajstić information content (AvgIpc) is 3.06. The SMILES string of the molecule is NC(Cc1ccc(-c2nnc(-c3ccc(Br)cc3)o2)cc1)C(=O)O. The van der Waals surface area contributed by atoms with Gasteiger partial charge in [-0.2, -0.15) is 0 Å². The van der Waals surface area contributed by atoms with Crippen LogP contribution in [0.5, 0.6) is 0 Å². The first-order valence-corrected chi connectivity index (χ1v) is 7.99. The van der Waals surface area contributed by atoms with Crippen molar-refractivity contribution in [1.82, 2.24) is 10.2 Å². The molecule has 3 rings (SSSR count). The Morgan fingerprint density at radius 2 is 1.54 bits per heavy atom. The van der Waals surface area contributed by atoms with Gasteiger partial charge in [0.2, 0.25) is 11.8 Å². The summed E-state index contributed by atoms with van der Waals surface area (Å²) in [7, 11) is 0. The zero-order valence-corrected chi connectivity index (χ0v) is 14.1. The smallest absolute Gasteiger partial charge is 0.320 e. The molecule has 3 aromatic rings. The fraction of sp³-hybridized carbons (Fsp3) is 0.118. The molecule has 0 spiro atoms. The first kappa shape index (κ1) is 16.4. The summed E-state index contributed by atoms with van der Waals surface area (Å²) in [5.74, 6) is -0.174. The number of benzene rings is 2. The summed E-state index contributed by atoms with van der Waals surface area (Å²) in [5, 5.41) is 17.0. The number of carboxylic acids is 1. The Morgan fingerprint density at radius 1 is 1.04 bits per heavy atom. The van der Waals surface area contributed by atoms with Crippen LogP contribution in [0.25, 0.3) is 22.9 Å². The number of rotatable bonds is 5. The molecule has 1 aromatic heterocycles. The van der Waals surface area contributed by atoms with Crippen LogP contribution in [-0.4, -0.2) is 27.3 Å². The van der Waals surface area contributed by atoms with Crippen molar-refractivity contribution >= 4 is 21.9 Å². The van der Waals surface area contributed by atoms with Crippen molar-refractivity contribution in [1.29, 1.82) is 0 Å². The van der Waals surface area contributed by atoms with Crippen LogP contribution in [0.3, 0.4) is 0 Å². The van der Waals surface area contributed by atoms with E-state index in [-0.39, 0.29) is 6.42 Å². The van der Waals surface area contributed by atoms with E-state index < -0.39 is 12.0 Å². The van der Waals surface area contributed by atoms with Gasteiger partial charge in [0, 0.05) is 15.6 Å². The normalized spacial score (nSPS) is 12.1. The highest BCUT2D eigenvalue weighted by molar-refractivity contribution is 9.10. The number of carboxylic acid groups (broad SMARTS) is 1. The number of hydrogen-bond donors (Lipinski definition) is 2. The Bertz CT molecular complexity index is 844. The van der Waals surface area contributed by atoms with Gasteiger partial charge in [0.25, 0.3) is 0 Å². The summed E-state index contributed by atoms with van der Waals surface area (Å²) < 4.78 is 6.67. The minimum atomic E-state index is -1.02. The summed E-state index contributed by atoms with van der Waals surface area (Å²) in [5.41, 5.74) is 7.96. The molecule has 0 radical (unpaired) electrons. The van der Waals surface area contributed by atoms with Crippen molar-refractivity contribution in [2.45, 2.75) is 12.5 Å². The van der Waals surface area contributed by atoms with Crippen molar-refractivity contribution < 1.29 is 14.3 Å². The largest absolute Gasteiger partial charge is 0.480 e. The number of hydrogen-bond acceptors (Lipinski definition) is 5. The lowest BCUT2D eigenvalue weighted by Gasteiger charge is -2.06. The van der Waals surface area contributed by atoms with Gasteiger partial charge in [0.05, 0.1) is 0 Å². The third-order valence-electron chi connectivity index (χ3n) is 3.49. The van der Waals surface area contributed by atoms with Crippen LogP contribution in [0.4, 0.5) is 0 Å². The molecular weight excluding hydrogens is 374 g/mol. The molecule has 0 aliphatic heterocycles. The lowest BCUT2D eigenvalue weighted by Crippen LogP contribution is -2.32. The van der Waals surface area contributed by atoms with Gasteiger partial charge in [-0.25, -0.2) is 0 Å². The van der Waals surface area contributed by atoms with E-state index in [1.807, 2.05) is 48.5 Å². The lowest BCUT2D eigenvalue weighted by atomic mass is 10.0. The fourth-order valence-electron chi connectivity index (χ4n) is 2.17. The van der Waals surface area contributed by atoms with Crippen molar-refractivity contribution in [3.8, 4) is 22.9 Å². The van der Waals surface area contributed by atoms with Gasteiger partial charge in [0.15, 0.2) is 0 Å². The minimum Gasteiger partial charge on any atom is -0.480 e. The summed E-state index contributed by atoms with van der Waals surface area (Å²) >= 11 is 3.38. The number of nitrogens with zero attached hydrogens (tertiary/aromatic N) is 2. The van der Waals surface area contributed by atoms with Gasteiger partial charge in [-0.05, 0) is 48.4 Å². The minimum absolute atomic E-state index is 0.267. The number of nitrogens with two attached hydrogens (primary N) is 1. The lowest BCUT2D eigenvalue weighted by molar-refractivity contribution is -0.138. The molecular formula is C17H14BrN3O3. The second-order valence-electron chi connectivity index (χ2n) is 5.27. The third kappa shape index (κ3) is 3.69. The van der Waals surface area contributed by atoms with Crippen LogP contribution in [0.2, 0.25) is 0 Å². The van der Waals surface area contributed by atoms with E-state index in [1.165, 1.54) is 0 Å². The second kappa shape index (κ2) is 6.94. The van der Waals surface area contributed by atoms with Crippen molar-refractivity contribution in [3.63, 3.8) is 0 Å². The molecule has 0 aliphatic rings. The van der Waals surface area contributed by atoms with Gasteiger partial charge in [-0.3, -0.25) is 4.79 Å². The van der Waals surface area contributed by atoms with E-state index in [0.29, 0.717) is 11.8 Å². The Labute approximate surface area is 146 Å². The Balaban J connectivity index is 1.78. The van der Waals surface area contributed by atoms with Crippen LogP contribution in [0, 0.1) is 0 Å². The van der Waals surface area contributed by atoms with Crippen molar-refractivity contribution in [3.05, 3.63) is 58.6 Å². The first-order valence-electron chi connectivity index (χ1n) is 7.20. The Kier molecular flexibility index (Phi) is 4.73. The fourth-order valence-corrected chi connectivity index (χ4v) is 2.44. The monoisotopic (exact) mass is 387 g/mol. The maximum atomic E-state index is 10.8. The molecule has 6 nitrogen and oxygen atoms in total. The predicted octanol–water partition coefficient (Wildman–Crippen LogP) is 3.12. The number of aromatic nitrogens is 2. The average molecular weight is 388 g/mol. The number of aliphatic carboxylic acids is 1. The van der Waals surface area contributed by atoms with Gasteiger partial charge >= 0.3 is 5.97 Å². The second-order valence-corrected chi connectivity index (χ2v) is 6.18. The van der Waals surface area contributed by atoms with Gasteiger partial charge in [0.1, 0.15) is 6.04 Å². The molecule has 0 fully saturated rings. The highest BCUT2D eigenvalue weighted by Crippen LogP contribution is 2.25. The highest BCUT2D eigenvalue weighted by Gasteiger charge is 2.13. The van der Waals surface area contributed by atoms with Gasteiger partial charge in [-0.1, -0.05) is 28.1 Å². The molecule has 24 heavy (non-hydrogen) atoms. The number of carbonyl (C=O) groups is 1. The standard InChI is InChI=1S/C17H14BrN3O3/c18-13-7-5-12(6-8-13)16-21-20-15(24-16)11-3-1-10(2-4-11)9-14(19)17(22)23/h1-8,14H,9,19H2,(H,22,23). The molecule has 0 saturated carbocycles. The van der Waals surface area contributed by atoms with Crippen LogP contribution < -0.4 is 5.73 Å². The predicted molar refractivity (Wildman–Crippen MR) is 92.2 cm³/mol. The molecule has 0 saturated heterocycles. The summed E-state index contributed by atoms with van der Waals surface area (Å²) in [6, 6.07) is 13.9. The van der Waals surface area contributed by atoms with Gasteiger partial charge in [-0.15, -0.1) is 10.2 Å². The topological polar surface area (TPSA) is 102 Å². The van der Waals surface area contributed by atoms with E-state index in [4.69, 9.17) is 15.3 Å². The maximum absolute atomic E-state index is 10.8. The molecule has 3 N–H and O–H groups in total. The van der Waals surface area contributed by atoms with Crippen molar-refractivity contribution in [2.24, 2.45) is 5.73 Å². The maximum Gasteiger partial charge on any atom is 0.320 e. The molecule has 1 heterocycles. The number of halogens is 1. The van der Waals surface area contributed by atoms with Crippen LogP contribution in [0.1, 0.15) is 5.56 Å². The Morgan fingerprint density at radius 3 is 2.04 bits per heavy atom. The third-order valence-corrected chi connectivity index (χ3v) is 4.02. The molecule has 0 aliphatic carbocycles. The van der Waals surface area contributed by atoms with Crippen LogP contribution in [-0.2, 0) is 11.2 Å². The Hall–Kier alpha value is -2.51. The zero-order chi connectivity index (χ0) is 17.1. The van der Waals surface area contributed by atoms with E-state index in [0.717, 1.165) is 21.2 Å². The summed E-state index contributed by atoms with van der Waals surface area (Å²) in [6.07, 6.45) is 0.267. The van der Waals surface area contributed by atoms with Gasteiger partial charge < -0.3 is 15.3 Å². The highest BCUT2D eigenvalue weighted by atomic mass is 79.9. The van der Waals surface area contributed by atoms with Crippen LogP contribution >= 0.6 is 15.9 Å². The molecule has 0 bridgehead atoms. The van der Waals surface area contributed by atoms with E-state index in [1.54, 1.807) is 0 Å². The molecule has 0 amide bonds. The van der Waals surface area contributed by atoms with E-state index >= 15 is 0 Å². The quantitative estimate of drug-likeness (QED) is 0.696. The summed E-state index contributed by atoms with van der Waals surface area (Å²) in [4.78, 5) is 10.8. The van der Waals surface area contributed by atoms with Crippen molar-refractivity contribution in [2.75, 3.05) is 0 Å². The van der Waals surface area contributed by atoms with E-state index in [9.17, 15) is 4.79 Å². The van der Waals surface area contributed by atoms with Crippen LogP contribution in [0.15, 0.2) is 57.4 Å². The molecule has 1 unspecified atom stereocenters. The molecule has 2 aromatic carbocycles. The first-order chi connectivity index (χ1) is 11.5.